The number of nitrogens with zero attached hydrogens (tertiary/aromatic N) is 2. The molecule has 146 valence electrons. The van der Waals surface area contributed by atoms with Gasteiger partial charge in [-0.1, -0.05) is 18.2 Å². The molecule has 1 aliphatic heterocycles. The van der Waals surface area contributed by atoms with E-state index in [1.807, 2.05) is 40.3 Å². The average molecular weight is 404 g/mol. The van der Waals surface area contributed by atoms with Gasteiger partial charge in [0.25, 0.3) is 0 Å². The molecular formula is C24H23N2O2S+. The average Bonchev–Trinajstić information content (AvgIpc) is 2.71. The van der Waals surface area contributed by atoms with Crippen molar-refractivity contribution in [3.05, 3.63) is 71.6 Å². The van der Waals surface area contributed by atoms with E-state index >= 15 is 0 Å². The molecule has 1 heterocycles. The minimum Gasteiger partial charge on any atom is -0.478 e. The molecule has 0 radical (unpaired) electrons. The Labute approximate surface area is 174 Å². The predicted molar refractivity (Wildman–Crippen MR) is 122 cm³/mol. The summed E-state index contributed by atoms with van der Waals surface area (Å²) in [6.45, 7) is 0. The Kier molecular flexibility index (Phi) is 4.84. The second-order valence-corrected chi connectivity index (χ2v) is 8.60. The van der Waals surface area contributed by atoms with Crippen LogP contribution in [-0.2, 0) is 0 Å². The highest BCUT2D eigenvalue weighted by atomic mass is 32.1. The van der Waals surface area contributed by atoms with E-state index < -0.39 is 5.97 Å². The Morgan fingerprint density at radius 3 is 2.48 bits per heavy atom. The molecule has 1 aliphatic carbocycles. The zero-order valence-electron chi connectivity index (χ0n) is 16.9. The molecule has 0 atom stereocenters. The van der Waals surface area contributed by atoms with Gasteiger partial charge in [0.1, 0.15) is 14.1 Å². The molecule has 0 saturated carbocycles. The van der Waals surface area contributed by atoms with Gasteiger partial charge in [-0.05, 0) is 41.5 Å². The first kappa shape index (κ1) is 19.2. The van der Waals surface area contributed by atoms with Gasteiger partial charge in [-0.2, -0.15) is 0 Å². The third-order valence-corrected chi connectivity index (χ3v) is 6.24. The smallest absolute Gasteiger partial charge is 0.335 e. The summed E-state index contributed by atoms with van der Waals surface area (Å²) in [5.74, 6) is -0.913. The van der Waals surface area contributed by atoms with E-state index in [1.165, 1.54) is 9.58 Å². The molecule has 5 heteroatoms. The van der Waals surface area contributed by atoms with Crippen molar-refractivity contribution in [3.8, 4) is 21.6 Å². The lowest BCUT2D eigenvalue weighted by Crippen LogP contribution is -2.21. The normalized spacial score (nSPS) is 11.0. The molecule has 2 aromatic carbocycles. The number of hydrogen-bond acceptors (Lipinski definition) is 3. The maximum absolute atomic E-state index is 11.5. The van der Waals surface area contributed by atoms with Crippen molar-refractivity contribution in [2.24, 2.45) is 0 Å². The van der Waals surface area contributed by atoms with Crippen LogP contribution in [0.25, 0.3) is 31.7 Å². The maximum atomic E-state index is 11.5. The number of carboxylic acids is 1. The van der Waals surface area contributed by atoms with Gasteiger partial charge in [-0.25, -0.2) is 9.37 Å². The van der Waals surface area contributed by atoms with Crippen LogP contribution >= 0.6 is 11.3 Å². The molecule has 2 aliphatic rings. The third kappa shape index (κ3) is 3.49. The lowest BCUT2D eigenvalue weighted by atomic mass is 9.94. The van der Waals surface area contributed by atoms with E-state index in [0.717, 1.165) is 33.1 Å². The summed E-state index contributed by atoms with van der Waals surface area (Å²) < 4.78 is 3.27. The Morgan fingerprint density at radius 1 is 1.00 bits per heavy atom. The van der Waals surface area contributed by atoms with Crippen molar-refractivity contribution in [2.75, 3.05) is 33.1 Å². The van der Waals surface area contributed by atoms with Gasteiger partial charge in [-0.3, -0.25) is 0 Å². The van der Waals surface area contributed by atoms with Crippen molar-refractivity contribution >= 4 is 33.1 Å². The molecule has 0 fully saturated rings. The summed E-state index contributed by atoms with van der Waals surface area (Å²) in [5, 5.41) is 11.7. The standard InChI is InChI=1S/C24H22N2O2S/c1-25(2)17-8-10-19-21(13-17)29-22-14-18(26(3)4)9-11-20(22)23(19)15-6-5-7-16(12-15)24(27)28/h5-14H,1-4H3/p+1. The first-order valence-corrected chi connectivity index (χ1v) is 10.2. The number of carbonyl (C=O) groups is 1. The van der Waals surface area contributed by atoms with Crippen LogP contribution in [-0.4, -0.2) is 39.3 Å². The molecular weight excluding hydrogens is 380 g/mol. The number of rotatable bonds is 3. The van der Waals surface area contributed by atoms with Gasteiger partial charge in [0.2, 0.25) is 5.36 Å². The number of carboxylic acid groups (broad SMARTS) is 1. The lowest BCUT2D eigenvalue weighted by Gasteiger charge is -2.18. The van der Waals surface area contributed by atoms with Crippen LogP contribution in [0.15, 0.2) is 60.7 Å². The van der Waals surface area contributed by atoms with Crippen LogP contribution < -0.4 is 14.8 Å². The summed E-state index contributed by atoms with van der Waals surface area (Å²) in [6, 6.07) is 20.1. The highest BCUT2D eigenvalue weighted by molar-refractivity contribution is 7.21. The van der Waals surface area contributed by atoms with Crippen molar-refractivity contribution in [1.29, 1.82) is 0 Å². The summed E-state index contributed by atoms with van der Waals surface area (Å²) in [5.41, 5.74) is 4.57. The quantitative estimate of drug-likeness (QED) is 0.405. The van der Waals surface area contributed by atoms with Gasteiger partial charge >= 0.3 is 5.97 Å². The Bertz CT molecular complexity index is 1280. The van der Waals surface area contributed by atoms with Crippen LogP contribution in [0.4, 0.5) is 5.69 Å². The van der Waals surface area contributed by atoms with Gasteiger partial charge in [0.05, 0.1) is 5.56 Å². The van der Waals surface area contributed by atoms with Crippen LogP contribution in [0.3, 0.4) is 0 Å². The van der Waals surface area contributed by atoms with Crippen molar-refractivity contribution in [3.63, 3.8) is 0 Å². The fourth-order valence-electron chi connectivity index (χ4n) is 3.54. The van der Waals surface area contributed by atoms with E-state index in [4.69, 9.17) is 0 Å². The second kappa shape index (κ2) is 7.33. The third-order valence-electron chi connectivity index (χ3n) is 5.12. The van der Waals surface area contributed by atoms with E-state index in [2.05, 4.69) is 45.9 Å². The zero-order chi connectivity index (χ0) is 20.7. The molecule has 0 saturated heterocycles. The SMILES string of the molecule is CN(C)c1ccc2c(-c3cccc(C(=O)O)c3)c3ccc(=[N+](C)C)cc-3sc2c1. The summed E-state index contributed by atoms with van der Waals surface area (Å²) in [7, 11) is 8.14. The number of fused-ring (bicyclic) bond motifs is 2. The highest BCUT2D eigenvalue weighted by Crippen LogP contribution is 2.43. The topological polar surface area (TPSA) is 43.6 Å². The summed E-state index contributed by atoms with van der Waals surface area (Å²) in [6.07, 6.45) is 0. The monoisotopic (exact) mass is 403 g/mol. The van der Waals surface area contributed by atoms with Gasteiger partial charge < -0.3 is 10.0 Å². The van der Waals surface area contributed by atoms with E-state index in [-0.39, 0.29) is 0 Å². The molecule has 0 aromatic heterocycles. The number of anilines is 1. The first-order chi connectivity index (χ1) is 13.8. The van der Waals surface area contributed by atoms with Gasteiger partial charge in [0.15, 0.2) is 0 Å². The van der Waals surface area contributed by atoms with Gasteiger partial charge in [0, 0.05) is 52.4 Å². The predicted octanol–water partition coefficient (Wildman–Crippen LogP) is 4.47. The minimum absolute atomic E-state index is 0.297. The van der Waals surface area contributed by atoms with Gasteiger partial charge in [-0.15, -0.1) is 11.3 Å². The van der Waals surface area contributed by atoms with Crippen molar-refractivity contribution < 1.29 is 9.90 Å². The zero-order valence-corrected chi connectivity index (χ0v) is 17.7. The van der Waals surface area contributed by atoms with Crippen LogP contribution in [0.1, 0.15) is 10.4 Å². The molecule has 1 N–H and O–H groups in total. The van der Waals surface area contributed by atoms with E-state index in [0.29, 0.717) is 5.56 Å². The summed E-state index contributed by atoms with van der Waals surface area (Å²) in [4.78, 5) is 14.8. The highest BCUT2D eigenvalue weighted by Gasteiger charge is 2.18. The number of hydrogen-bond donors (Lipinski definition) is 1. The molecule has 2 aromatic rings. The summed E-state index contributed by atoms with van der Waals surface area (Å²) >= 11 is 1.76. The van der Waals surface area contributed by atoms with Crippen LogP contribution in [0, 0.1) is 0 Å². The molecule has 0 spiro atoms. The Morgan fingerprint density at radius 2 is 1.79 bits per heavy atom. The molecule has 0 amide bonds. The molecule has 0 unspecified atom stereocenters. The minimum atomic E-state index is -0.913. The Balaban J connectivity index is 2.13. The second-order valence-electron chi connectivity index (χ2n) is 7.51. The molecule has 4 nitrogen and oxygen atoms in total. The largest absolute Gasteiger partial charge is 0.478 e. The van der Waals surface area contributed by atoms with Crippen LogP contribution in [0.5, 0.6) is 0 Å². The molecule has 0 bridgehead atoms. The van der Waals surface area contributed by atoms with E-state index in [1.54, 1.807) is 23.5 Å². The lowest BCUT2D eigenvalue weighted by molar-refractivity contribution is 0.0697. The Hall–Kier alpha value is -3.18. The fourth-order valence-corrected chi connectivity index (χ4v) is 4.70. The fraction of sp³-hybridized carbons (Fsp3) is 0.167. The number of aromatic carboxylic acids is 1. The van der Waals surface area contributed by atoms with E-state index in [9.17, 15) is 9.90 Å². The number of benzene rings is 3. The van der Waals surface area contributed by atoms with Crippen molar-refractivity contribution in [2.45, 2.75) is 0 Å². The van der Waals surface area contributed by atoms with Crippen molar-refractivity contribution in [1.82, 2.24) is 4.58 Å². The van der Waals surface area contributed by atoms with Crippen LogP contribution in [0.2, 0.25) is 0 Å². The molecule has 4 rings (SSSR count). The molecule has 29 heavy (non-hydrogen) atoms. The maximum Gasteiger partial charge on any atom is 0.335 e. The first-order valence-electron chi connectivity index (χ1n) is 9.37.